The van der Waals surface area contributed by atoms with Crippen LogP contribution in [0.1, 0.15) is 30.3 Å². The molecule has 2 heterocycles. The van der Waals surface area contributed by atoms with Gasteiger partial charge in [-0.25, -0.2) is 9.78 Å². The average Bonchev–Trinajstić information content (AvgIpc) is 3.23. The number of aromatic nitrogens is 1. The van der Waals surface area contributed by atoms with E-state index in [4.69, 9.17) is 0 Å². The van der Waals surface area contributed by atoms with Crippen LogP contribution in [0.4, 0.5) is 4.79 Å². The summed E-state index contributed by atoms with van der Waals surface area (Å²) >= 11 is 1.55. The van der Waals surface area contributed by atoms with E-state index < -0.39 is 0 Å². The summed E-state index contributed by atoms with van der Waals surface area (Å²) in [5.41, 5.74) is 1.33. The number of carbonyl (C=O) groups is 1. The molecule has 2 amide bonds. The first-order valence-corrected chi connectivity index (χ1v) is 9.23. The van der Waals surface area contributed by atoms with Crippen molar-refractivity contribution in [2.45, 2.75) is 38.4 Å². The first kappa shape index (κ1) is 16.9. The van der Waals surface area contributed by atoms with Crippen molar-refractivity contribution in [2.75, 3.05) is 13.1 Å². The lowest BCUT2D eigenvalue weighted by atomic mass is 9.98. The number of carbonyl (C=O) groups excluding carboxylic acids is 1. The smallest absolute Gasteiger partial charge is 0.315 e. The van der Waals surface area contributed by atoms with Gasteiger partial charge in [0.2, 0.25) is 0 Å². The fourth-order valence-electron chi connectivity index (χ4n) is 3.18. The molecule has 1 unspecified atom stereocenters. The number of hydrogen-bond donors (Lipinski definition) is 2. The van der Waals surface area contributed by atoms with E-state index in [2.05, 4.69) is 51.7 Å². The zero-order chi connectivity index (χ0) is 16.8. The number of hydrogen-bond acceptors (Lipinski definition) is 4. The van der Waals surface area contributed by atoms with Crippen LogP contribution in [0.5, 0.6) is 0 Å². The van der Waals surface area contributed by atoms with Crippen molar-refractivity contribution in [1.29, 1.82) is 0 Å². The van der Waals surface area contributed by atoms with E-state index in [1.165, 1.54) is 12.0 Å². The second kappa shape index (κ2) is 7.77. The molecule has 5 nitrogen and oxygen atoms in total. The molecule has 1 aliphatic heterocycles. The molecule has 0 spiro atoms. The molecule has 1 aromatic carbocycles. The molecular weight excluding hydrogens is 320 g/mol. The lowest BCUT2D eigenvalue weighted by Gasteiger charge is -2.35. The summed E-state index contributed by atoms with van der Waals surface area (Å²) in [4.78, 5) is 18.7. The summed E-state index contributed by atoms with van der Waals surface area (Å²) < 4.78 is 0. The summed E-state index contributed by atoms with van der Waals surface area (Å²) in [6, 6.07) is 10.4. The first-order chi connectivity index (χ1) is 11.7. The molecule has 0 bridgehead atoms. The molecule has 0 saturated carbocycles. The van der Waals surface area contributed by atoms with Crippen LogP contribution in [0.25, 0.3) is 0 Å². The largest absolute Gasteiger partial charge is 0.336 e. The standard InChI is InChI=1S/C18H24N4OS/c1-18(14-21-17(23)20-12-16-19-9-11-24-16)8-5-10-22(18)13-15-6-3-2-4-7-15/h2-4,6-7,9,11H,5,8,10,12-14H2,1H3,(H2,20,21,23). The molecule has 1 aliphatic rings. The highest BCUT2D eigenvalue weighted by Gasteiger charge is 2.36. The highest BCUT2D eigenvalue weighted by atomic mass is 32.1. The Kier molecular flexibility index (Phi) is 5.48. The molecule has 0 aliphatic carbocycles. The summed E-state index contributed by atoms with van der Waals surface area (Å²) in [5, 5.41) is 8.73. The van der Waals surface area contributed by atoms with Crippen LogP contribution in [-0.2, 0) is 13.1 Å². The van der Waals surface area contributed by atoms with E-state index in [9.17, 15) is 4.79 Å². The van der Waals surface area contributed by atoms with Crippen LogP contribution in [0.3, 0.4) is 0 Å². The van der Waals surface area contributed by atoms with Gasteiger partial charge in [0, 0.05) is 30.2 Å². The highest BCUT2D eigenvalue weighted by Crippen LogP contribution is 2.29. The van der Waals surface area contributed by atoms with Gasteiger partial charge in [-0.2, -0.15) is 0 Å². The second-order valence-electron chi connectivity index (χ2n) is 6.47. The molecule has 2 aromatic rings. The van der Waals surface area contributed by atoms with Gasteiger partial charge in [0.25, 0.3) is 0 Å². The quantitative estimate of drug-likeness (QED) is 0.847. The van der Waals surface area contributed by atoms with Gasteiger partial charge in [-0.1, -0.05) is 30.3 Å². The molecule has 1 aromatic heterocycles. The Bertz CT molecular complexity index is 646. The minimum absolute atomic E-state index is 0.00830. The third-order valence-electron chi connectivity index (χ3n) is 4.64. The number of urea groups is 1. The molecule has 2 N–H and O–H groups in total. The van der Waals surface area contributed by atoms with Crippen LogP contribution in [0, 0.1) is 0 Å². The maximum Gasteiger partial charge on any atom is 0.315 e. The zero-order valence-electron chi connectivity index (χ0n) is 14.0. The highest BCUT2D eigenvalue weighted by molar-refractivity contribution is 7.09. The predicted molar refractivity (Wildman–Crippen MR) is 96.8 cm³/mol. The maximum atomic E-state index is 12.0. The zero-order valence-corrected chi connectivity index (χ0v) is 14.8. The van der Waals surface area contributed by atoms with Gasteiger partial charge >= 0.3 is 6.03 Å². The molecule has 3 rings (SSSR count). The van der Waals surface area contributed by atoms with Gasteiger partial charge < -0.3 is 10.6 Å². The van der Waals surface area contributed by atoms with Crippen molar-refractivity contribution in [3.8, 4) is 0 Å². The van der Waals surface area contributed by atoms with E-state index >= 15 is 0 Å². The number of benzene rings is 1. The monoisotopic (exact) mass is 344 g/mol. The summed E-state index contributed by atoms with van der Waals surface area (Å²) in [6.45, 7) is 5.38. The molecule has 1 atom stereocenters. The molecule has 6 heteroatoms. The van der Waals surface area contributed by atoms with Gasteiger partial charge in [0.1, 0.15) is 5.01 Å². The van der Waals surface area contributed by atoms with Crippen molar-refractivity contribution in [3.63, 3.8) is 0 Å². The summed E-state index contributed by atoms with van der Waals surface area (Å²) in [7, 11) is 0. The minimum atomic E-state index is -0.127. The molecule has 128 valence electrons. The average molecular weight is 344 g/mol. The Morgan fingerprint density at radius 1 is 1.33 bits per heavy atom. The predicted octanol–water partition coefficient (Wildman–Crippen LogP) is 3.00. The maximum absolute atomic E-state index is 12.0. The van der Waals surface area contributed by atoms with Crippen LogP contribution in [0.15, 0.2) is 41.9 Å². The number of nitrogens with one attached hydrogen (secondary N) is 2. The number of rotatable bonds is 6. The third kappa shape index (κ3) is 4.33. The Labute approximate surface area is 147 Å². The lowest BCUT2D eigenvalue weighted by molar-refractivity contribution is 0.145. The fraction of sp³-hybridized carbons (Fsp3) is 0.444. The van der Waals surface area contributed by atoms with Crippen molar-refractivity contribution in [1.82, 2.24) is 20.5 Å². The normalized spacial score (nSPS) is 20.9. The van der Waals surface area contributed by atoms with E-state index in [-0.39, 0.29) is 11.6 Å². The first-order valence-electron chi connectivity index (χ1n) is 8.35. The van der Waals surface area contributed by atoms with E-state index in [1.807, 2.05) is 11.4 Å². The van der Waals surface area contributed by atoms with Gasteiger partial charge in [0.05, 0.1) is 6.54 Å². The van der Waals surface area contributed by atoms with Gasteiger partial charge in [-0.15, -0.1) is 11.3 Å². The Hall–Kier alpha value is -1.92. The third-order valence-corrected chi connectivity index (χ3v) is 5.42. The number of nitrogens with zero attached hydrogens (tertiary/aromatic N) is 2. The molecule has 1 saturated heterocycles. The van der Waals surface area contributed by atoms with Crippen LogP contribution in [-0.4, -0.2) is 34.5 Å². The SMILES string of the molecule is CC1(CNC(=O)NCc2nccs2)CCCN1Cc1ccccc1. The van der Waals surface area contributed by atoms with Gasteiger partial charge in [-0.05, 0) is 31.9 Å². The van der Waals surface area contributed by atoms with Crippen LogP contribution < -0.4 is 10.6 Å². The van der Waals surface area contributed by atoms with Crippen molar-refractivity contribution < 1.29 is 4.79 Å². The Morgan fingerprint density at radius 3 is 2.92 bits per heavy atom. The number of likely N-dealkylation sites (tertiary alicyclic amines) is 1. The lowest BCUT2D eigenvalue weighted by Crippen LogP contribution is -2.51. The van der Waals surface area contributed by atoms with E-state index in [1.54, 1.807) is 17.5 Å². The van der Waals surface area contributed by atoms with E-state index in [0.29, 0.717) is 13.1 Å². The summed E-state index contributed by atoms with van der Waals surface area (Å²) in [5.74, 6) is 0. The fourth-order valence-corrected chi connectivity index (χ4v) is 3.74. The molecular formula is C18H24N4OS. The minimum Gasteiger partial charge on any atom is -0.336 e. The van der Waals surface area contributed by atoms with Crippen molar-refractivity contribution in [2.24, 2.45) is 0 Å². The van der Waals surface area contributed by atoms with Gasteiger partial charge in [-0.3, -0.25) is 4.90 Å². The Balaban J connectivity index is 1.49. The number of amides is 2. The topological polar surface area (TPSA) is 57.3 Å². The summed E-state index contributed by atoms with van der Waals surface area (Å²) in [6.07, 6.45) is 4.03. The molecule has 1 fully saturated rings. The van der Waals surface area contributed by atoms with Crippen molar-refractivity contribution >= 4 is 17.4 Å². The molecule has 24 heavy (non-hydrogen) atoms. The van der Waals surface area contributed by atoms with Crippen molar-refractivity contribution in [3.05, 3.63) is 52.5 Å². The van der Waals surface area contributed by atoms with Crippen LogP contribution >= 0.6 is 11.3 Å². The number of thiazole rings is 1. The van der Waals surface area contributed by atoms with E-state index in [0.717, 1.165) is 24.5 Å². The molecule has 0 radical (unpaired) electrons. The van der Waals surface area contributed by atoms with Gasteiger partial charge in [0.15, 0.2) is 0 Å². The van der Waals surface area contributed by atoms with Crippen LogP contribution in [0.2, 0.25) is 0 Å². The second-order valence-corrected chi connectivity index (χ2v) is 7.45. The Morgan fingerprint density at radius 2 is 2.17 bits per heavy atom.